The van der Waals surface area contributed by atoms with Gasteiger partial charge in [0.05, 0.1) is 0 Å². The van der Waals surface area contributed by atoms with Gasteiger partial charge in [-0.25, -0.2) is 5.32 Å². The van der Waals surface area contributed by atoms with Crippen LogP contribution in [-0.4, -0.2) is 12.6 Å². The highest BCUT2D eigenvalue weighted by atomic mass is 14.9. The molecule has 0 saturated carbocycles. The van der Waals surface area contributed by atoms with E-state index in [1.807, 2.05) is 0 Å². The zero-order valence-corrected chi connectivity index (χ0v) is 5.72. The lowest BCUT2D eigenvalue weighted by Crippen LogP contribution is -2.29. The molecule has 0 aliphatic carbocycles. The number of hydrogen-bond donors (Lipinski definition) is 0. The Kier molecular flexibility index (Phi) is 1.90. The highest BCUT2D eigenvalue weighted by Crippen LogP contribution is 2.13. The Morgan fingerprint density at radius 1 is 1.25 bits per heavy atom. The van der Waals surface area contributed by atoms with Crippen molar-refractivity contribution in [1.29, 1.82) is 0 Å². The highest BCUT2D eigenvalue weighted by Gasteiger charge is 2.13. The zero-order chi connectivity index (χ0) is 5.98. The minimum atomic E-state index is 0.645. The molecule has 0 N–H and O–H groups in total. The molecule has 1 fully saturated rings. The molecule has 0 bridgehead atoms. The molecule has 47 valence electrons. The van der Waals surface area contributed by atoms with E-state index in [1.54, 1.807) is 0 Å². The van der Waals surface area contributed by atoms with Crippen molar-refractivity contribution in [2.45, 2.75) is 32.7 Å². The third-order valence-electron chi connectivity index (χ3n) is 1.81. The largest absolute Gasteiger partial charge is 0.238 e. The minimum Gasteiger partial charge on any atom is -0.238 e. The maximum absolute atomic E-state index is 4.41. The first-order valence-electron chi connectivity index (χ1n) is 3.45. The molecule has 1 heteroatoms. The molecule has 1 rings (SSSR count). The van der Waals surface area contributed by atoms with E-state index < -0.39 is 0 Å². The van der Waals surface area contributed by atoms with Crippen molar-refractivity contribution in [3.8, 4) is 0 Å². The van der Waals surface area contributed by atoms with Crippen molar-refractivity contribution in [2.24, 2.45) is 5.92 Å². The van der Waals surface area contributed by atoms with Crippen molar-refractivity contribution in [3.05, 3.63) is 0 Å². The summed E-state index contributed by atoms with van der Waals surface area (Å²) in [6, 6.07) is 0.645. The summed E-state index contributed by atoms with van der Waals surface area (Å²) in [5.41, 5.74) is 0. The number of piperidine rings is 1. The molecule has 2 unspecified atom stereocenters. The Labute approximate surface area is 51.5 Å². The van der Waals surface area contributed by atoms with Crippen molar-refractivity contribution in [2.75, 3.05) is 6.54 Å². The summed E-state index contributed by atoms with van der Waals surface area (Å²) in [5, 5.41) is 4.41. The van der Waals surface area contributed by atoms with Gasteiger partial charge in [0.25, 0.3) is 0 Å². The fraction of sp³-hybridized carbons (Fsp3) is 1.00. The van der Waals surface area contributed by atoms with Crippen LogP contribution >= 0.6 is 0 Å². The Bertz CT molecular complexity index is 52.8. The van der Waals surface area contributed by atoms with Crippen LogP contribution in [0.15, 0.2) is 0 Å². The summed E-state index contributed by atoms with van der Waals surface area (Å²) < 4.78 is 0. The summed E-state index contributed by atoms with van der Waals surface area (Å²) in [6.07, 6.45) is 2.69. The molecule has 0 spiro atoms. The Morgan fingerprint density at radius 2 is 2.00 bits per heavy atom. The smallest absolute Gasteiger partial charge is 0.0218 e. The van der Waals surface area contributed by atoms with E-state index in [4.69, 9.17) is 0 Å². The molecule has 0 amide bonds. The van der Waals surface area contributed by atoms with E-state index in [2.05, 4.69) is 19.2 Å². The van der Waals surface area contributed by atoms with Crippen molar-refractivity contribution in [1.82, 2.24) is 5.32 Å². The summed E-state index contributed by atoms with van der Waals surface area (Å²) in [6.45, 7) is 5.57. The quantitative estimate of drug-likeness (QED) is 0.450. The lowest BCUT2D eigenvalue weighted by molar-refractivity contribution is 0.336. The van der Waals surface area contributed by atoms with Crippen LogP contribution < -0.4 is 5.32 Å². The van der Waals surface area contributed by atoms with E-state index >= 15 is 0 Å². The van der Waals surface area contributed by atoms with Gasteiger partial charge < -0.3 is 0 Å². The predicted molar refractivity (Wildman–Crippen MR) is 34.9 cm³/mol. The standard InChI is InChI=1S/C7H14N/c1-6-3-4-7(2)8-5-6/h6-7H,3-5H2,1-2H3. The molecule has 1 heterocycles. The Balaban J connectivity index is 2.19. The molecule has 1 radical (unpaired) electrons. The van der Waals surface area contributed by atoms with Crippen LogP contribution in [0.25, 0.3) is 0 Å². The molecule has 1 aliphatic rings. The van der Waals surface area contributed by atoms with Crippen molar-refractivity contribution >= 4 is 0 Å². The molecule has 1 saturated heterocycles. The summed E-state index contributed by atoms with van der Waals surface area (Å²) >= 11 is 0. The van der Waals surface area contributed by atoms with Crippen LogP contribution in [0.1, 0.15) is 26.7 Å². The maximum Gasteiger partial charge on any atom is 0.0218 e. The zero-order valence-electron chi connectivity index (χ0n) is 5.72. The lowest BCUT2D eigenvalue weighted by atomic mass is 9.98. The van der Waals surface area contributed by atoms with E-state index in [0.717, 1.165) is 12.5 Å². The predicted octanol–water partition coefficient (Wildman–Crippen LogP) is 1.41. The van der Waals surface area contributed by atoms with Crippen molar-refractivity contribution in [3.63, 3.8) is 0 Å². The lowest BCUT2D eigenvalue weighted by Gasteiger charge is -2.22. The van der Waals surface area contributed by atoms with Gasteiger partial charge in [0.1, 0.15) is 0 Å². The summed E-state index contributed by atoms with van der Waals surface area (Å²) in [7, 11) is 0. The molecule has 1 aliphatic heterocycles. The second kappa shape index (κ2) is 2.49. The van der Waals surface area contributed by atoms with Gasteiger partial charge in [0.2, 0.25) is 0 Å². The number of rotatable bonds is 0. The van der Waals surface area contributed by atoms with Gasteiger partial charge in [0, 0.05) is 12.6 Å². The van der Waals surface area contributed by atoms with E-state index in [0.29, 0.717) is 6.04 Å². The topological polar surface area (TPSA) is 14.1 Å². The molecule has 1 nitrogen and oxygen atoms in total. The SMILES string of the molecule is CC1CCC(C)[N]C1. The van der Waals surface area contributed by atoms with E-state index in [1.165, 1.54) is 12.8 Å². The van der Waals surface area contributed by atoms with Crippen LogP contribution in [0.5, 0.6) is 0 Å². The van der Waals surface area contributed by atoms with Gasteiger partial charge in [-0.05, 0) is 25.7 Å². The van der Waals surface area contributed by atoms with Gasteiger partial charge in [-0.1, -0.05) is 6.92 Å². The molecular formula is C7H14N. The van der Waals surface area contributed by atoms with Crippen LogP contribution in [0.2, 0.25) is 0 Å². The first-order chi connectivity index (χ1) is 3.79. The van der Waals surface area contributed by atoms with Crippen LogP contribution in [0.4, 0.5) is 0 Å². The minimum absolute atomic E-state index is 0.645. The Morgan fingerprint density at radius 3 is 2.38 bits per heavy atom. The second-order valence-corrected chi connectivity index (χ2v) is 2.90. The molecule has 0 aromatic heterocycles. The fourth-order valence-electron chi connectivity index (χ4n) is 1.07. The van der Waals surface area contributed by atoms with Gasteiger partial charge >= 0.3 is 0 Å². The van der Waals surface area contributed by atoms with Gasteiger partial charge in [-0.3, -0.25) is 0 Å². The molecular weight excluding hydrogens is 98.1 g/mol. The van der Waals surface area contributed by atoms with Gasteiger partial charge in [0.15, 0.2) is 0 Å². The van der Waals surface area contributed by atoms with Crippen LogP contribution in [0, 0.1) is 5.92 Å². The van der Waals surface area contributed by atoms with Crippen molar-refractivity contribution < 1.29 is 0 Å². The first-order valence-corrected chi connectivity index (χ1v) is 3.45. The van der Waals surface area contributed by atoms with E-state index in [-0.39, 0.29) is 0 Å². The molecule has 2 atom stereocenters. The second-order valence-electron chi connectivity index (χ2n) is 2.90. The third-order valence-corrected chi connectivity index (χ3v) is 1.81. The van der Waals surface area contributed by atoms with Crippen LogP contribution in [-0.2, 0) is 0 Å². The Hall–Kier alpha value is -0.0400. The summed E-state index contributed by atoms with van der Waals surface area (Å²) in [5.74, 6) is 0.853. The van der Waals surface area contributed by atoms with Gasteiger partial charge in [-0.2, -0.15) is 0 Å². The third kappa shape index (κ3) is 1.48. The average Bonchev–Trinajstić information content (AvgIpc) is 1.77. The summed E-state index contributed by atoms with van der Waals surface area (Å²) in [4.78, 5) is 0. The monoisotopic (exact) mass is 112 g/mol. The van der Waals surface area contributed by atoms with Gasteiger partial charge in [-0.15, -0.1) is 0 Å². The van der Waals surface area contributed by atoms with Crippen LogP contribution in [0.3, 0.4) is 0 Å². The number of nitrogens with zero attached hydrogens (tertiary/aromatic N) is 1. The number of hydrogen-bond acceptors (Lipinski definition) is 0. The first kappa shape index (κ1) is 6.09. The maximum atomic E-state index is 4.41. The highest BCUT2D eigenvalue weighted by molar-refractivity contribution is 4.70. The molecule has 0 aromatic rings. The normalized spacial score (nSPS) is 39.8. The van der Waals surface area contributed by atoms with E-state index in [9.17, 15) is 0 Å². The molecule has 0 aromatic carbocycles. The fourth-order valence-corrected chi connectivity index (χ4v) is 1.07. The average molecular weight is 112 g/mol. The molecule has 8 heavy (non-hydrogen) atoms.